The smallest absolute Gasteiger partial charge is 0.216 e. The lowest BCUT2D eigenvalue weighted by Crippen LogP contribution is -2.38. The van der Waals surface area contributed by atoms with Gasteiger partial charge in [-0.1, -0.05) is 12.1 Å². The van der Waals surface area contributed by atoms with Crippen molar-refractivity contribution < 1.29 is 8.81 Å². The Hall–Kier alpha value is -2.37. The van der Waals surface area contributed by atoms with Gasteiger partial charge in [0.05, 0.1) is 5.69 Å². The van der Waals surface area contributed by atoms with E-state index < -0.39 is 0 Å². The molecule has 5 nitrogen and oxygen atoms in total. The molecule has 0 aliphatic heterocycles. The van der Waals surface area contributed by atoms with Crippen molar-refractivity contribution in [2.45, 2.75) is 33.7 Å². The van der Waals surface area contributed by atoms with Gasteiger partial charge in [-0.15, -0.1) is 0 Å². The Labute approximate surface area is 136 Å². The first-order chi connectivity index (χ1) is 11.1. The van der Waals surface area contributed by atoms with Crippen molar-refractivity contribution in [3.8, 4) is 0 Å². The third-order valence-electron chi connectivity index (χ3n) is 3.38. The Morgan fingerprint density at radius 2 is 2.13 bits per heavy atom. The maximum atomic E-state index is 13.1. The molecule has 0 unspecified atom stereocenters. The van der Waals surface area contributed by atoms with E-state index in [1.807, 2.05) is 26.8 Å². The van der Waals surface area contributed by atoms with Gasteiger partial charge in [-0.05, 0) is 44.9 Å². The third-order valence-corrected chi connectivity index (χ3v) is 3.38. The fraction of sp³-hybridized carbons (Fsp3) is 0.412. The molecule has 0 aliphatic rings. The van der Waals surface area contributed by atoms with Gasteiger partial charge in [0.15, 0.2) is 5.96 Å². The number of halogens is 1. The molecule has 2 rings (SSSR count). The summed E-state index contributed by atoms with van der Waals surface area (Å²) in [6.07, 6.45) is 0.722. The molecular weight excluding hydrogens is 295 g/mol. The van der Waals surface area contributed by atoms with E-state index in [0.29, 0.717) is 24.9 Å². The Kier molecular flexibility index (Phi) is 6.14. The highest BCUT2D eigenvalue weighted by atomic mass is 19.1. The molecule has 6 heteroatoms. The van der Waals surface area contributed by atoms with E-state index in [0.717, 1.165) is 30.0 Å². The molecule has 1 aromatic carbocycles. The van der Waals surface area contributed by atoms with Crippen LogP contribution in [-0.2, 0) is 13.0 Å². The highest BCUT2D eigenvalue weighted by Crippen LogP contribution is 2.09. The minimum Gasteiger partial charge on any atom is -0.444 e. The van der Waals surface area contributed by atoms with E-state index >= 15 is 0 Å². The van der Waals surface area contributed by atoms with Gasteiger partial charge < -0.3 is 15.1 Å². The molecule has 2 aromatic rings. The van der Waals surface area contributed by atoms with Crippen LogP contribution in [-0.4, -0.2) is 24.0 Å². The Morgan fingerprint density at radius 1 is 1.30 bits per heavy atom. The largest absolute Gasteiger partial charge is 0.444 e. The number of guanidine groups is 1. The second kappa shape index (κ2) is 8.31. The van der Waals surface area contributed by atoms with Gasteiger partial charge in [-0.3, -0.25) is 0 Å². The number of aromatic nitrogens is 1. The van der Waals surface area contributed by atoms with Gasteiger partial charge in [-0.25, -0.2) is 14.4 Å². The number of nitrogens with one attached hydrogen (secondary N) is 2. The number of hydrogen-bond donors (Lipinski definition) is 2. The van der Waals surface area contributed by atoms with Crippen LogP contribution in [0.1, 0.15) is 29.8 Å². The van der Waals surface area contributed by atoms with Gasteiger partial charge in [-0.2, -0.15) is 0 Å². The van der Waals surface area contributed by atoms with E-state index in [4.69, 9.17) is 4.42 Å². The van der Waals surface area contributed by atoms with Crippen LogP contribution in [0.25, 0.3) is 0 Å². The Balaban J connectivity index is 1.88. The number of nitrogens with zero attached hydrogens (tertiary/aromatic N) is 2. The van der Waals surface area contributed by atoms with Crippen LogP contribution in [0.15, 0.2) is 33.7 Å². The quantitative estimate of drug-likeness (QED) is 0.635. The highest BCUT2D eigenvalue weighted by molar-refractivity contribution is 5.79. The third kappa shape index (κ3) is 5.39. The lowest BCUT2D eigenvalue weighted by atomic mass is 10.1. The van der Waals surface area contributed by atoms with E-state index in [1.54, 1.807) is 12.1 Å². The van der Waals surface area contributed by atoms with Crippen LogP contribution in [0, 0.1) is 19.7 Å². The minimum atomic E-state index is -0.210. The van der Waals surface area contributed by atoms with Crippen LogP contribution in [0.3, 0.4) is 0 Å². The summed E-state index contributed by atoms with van der Waals surface area (Å²) in [5.74, 6) is 1.90. The van der Waals surface area contributed by atoms with E-state index in [1.165, 1.54) is 6.07 Å². The number of oxazole rings is 1. The van der Waals surface area contributed by atoms with Crippen molar-refractivity contribution in [1.82, 2.24) is 15.6 Å². The van der Waals surface area contributed by atoms with Crippen molar-refractivity contribution in [3.05, 3.63) is 53.0 Å². The zero-order valence-electron chi connectivity index (χ0n) is 13.8. The van der Waals surface area contributed by atoms with Crippen molar-refractivity contribution in [2.75, 3.05) is 13.1 Å². The van der Waals surface area contributed by atoms with Crippen LogP contribution in [0.4, 0.5) is 4.39 Å². The van der Waals surface area contributed by atoms with Crippen LogP contribution < -0.4 is 10.6 Å². The summed E-state index contributed by atoms with van der Waals surface area (Å²) in [6.45, 7) is 7.61. The van der Waals surface area contributed by atoms with Gasteiger partial charge in [0.1, 0.15) is 18.1 Å². The average Bonchev–Trinajstić information content (AvgIpc) is 2.83. The molecule has 0 spiro atoms. The molecule has 23 heavy (non-hydrogen) atoms. The lowest BCUT2D eigenvalue weighted by molar-refractivity contribution is 0.473. The molecule has 0 bridgehead atoms. The van der Waals surface area contributed by atoms with Crippen LogP contribution in [0.2, 0.25) is 0 Å². The van der Waals surface area contributed by atoms with E-state index in [9.17, 15) is 4.39 Å². The highest BCUT2D eigenvalue weighted by Gasteiger charge is 2.05. The van der Waals surface area contributed by atoms with Crippen molar-refractivity contribution in [2.24, 2.45) is 4.99 Å². The zero-order valence-corrected chi connectivity index (χ0v) is 13.8. The summed E-state index contributed by atoms with van der Waals surface area (Å²) in [7, 11) is 0. The standard InChI is InChI=1S/C17H23FN4O/c1-4-19-17(21-11-16-22-12(2)13(3)23-16)20-9-8-14-6-5-7-15(18)10-14/h5-7,10H,4,8-9,11H2,1-3H3,(H2,19,20,21). The summed E-state index contributed by atoms with van der Waals surface area (Å²) in [6, 6.07) is 6.62. The maximum Gasteiger partial charge on any atom is 0.216 e. The molecule has 0 aliphatic carbocycles. The molecule has 0 fully saturated rings. The molecule has 0 atom stereocenters. The summed E-state index contributed by atoms with van der Waals surface area (Å²) in [4.78, 5) is 8.76. The topological polar surface area (TPSA) is 62.5 Å². The normalized spacial score (nSPS) is 11.6. The second-order valence-corrected chi connectivity index (χ2v) is 5.25. The number of benzene rings is 1. The van der Waals surface area contributed by atoms with Gasteiger partial charge in [0, 0.05) is 13.1 Å². The molecule has 0 amide bonds. The van der Waals surface area contributed by atoms with E-state index in [2.05, 4.69) is 20.6 Å². The SMILES string of the molecule is CCNC(=NCc1nc(C)c(C)o1)NCCc1cccc(F)c1. The van der Waals surface area contributed by atoms with Crippen LogP contribution >= 0.6 is 0 Å². The van der Waals surface area contributed by atoms with Gasteiger partial charge in [0.25, 0.3) is 0 Å². The Bertz CT molecular complexity index is 647. The summed E-state index contributed by atoms with van der Waals surface area (Å²) < 4.78 is 18.7. The Morgan fingerprint density at radius 3 is 2.78 bits per heavy atom. The fourth-order valence-electron chi connectivity index (χ4n) is 2.11. The first-order valence-electron chi connectivity index (χ1n) is 7.78. The summed E-state index contributed by atoms with van der Waals surface area (Å²) in [5.41, 5.74) is 1.84. The molecule has 124 valence electrons. The van der Waals surface area contributed by atoms with Crippen LogP contribution in [0.5, 0.6) is 0 Å². The molecule has 1 heterocycles. The first kappa shape index (κ1) is 17.0. The van der Waals surface area contributed by atoms with E-state index in [-0.39, 0.29) is 5.82 Å². The summed E-state index contributed by atoms with van der Waals surface area (Å²) in [5, 5.41) is 6.39. The first-order valence-corrected chi connectivity index (χ1v) is 7.78. The molecule has 1 aromatic heterocycles. The molecule has 2 N–H and O–H groups in total. The number of rotatable bonds is 6. The summed E-state index contributed by atoms with van der Waals surface area (Å²) >= 11 is 0. The van der Waals surface area contributed by atoms with Crippen molar-refractivity contribution in [1.29, 1.82) is 0 Å². The minimum absolute atomic E-state index is 0.210. The number of hydrogen-bond acceptors (Lipinski definition) is 3. The lowest BCUT2D eigenvalue weighted by Gasteiger charge is -2.10. The predicted molar refractivity (Wildman–Crippen MR) is 88.9 cm³/mol. The van der Waals surface area contributed by atoms with Gasteiger partial charge in [0.2, 0.25) is 5.89 Å². The molecule has 0 radical (unpaired) electrons. The molecular formula is C17H23FN4O. The fourth-order valence-corrected chi connectivity index (χ4v) is 2.11. The molecule has 0 saturated carbocycles. The van der Waals surface area contributed by atoms with Gasteiger partial charge >= 0.3 is 0 Å². The zero-order chi connectivity index (χ0) is 16.7. The second-order valence-electron chi connectivity index (χ2n) is 5.25. The maximum absolute atomic E-state index is 13.1. The van der Waals surface area contributed by atoms with Crippen molar-refractivity contribution >= 4 is 5.96 Å². The van der Waals surface area contributed by atoms with Crippen molar-refractivity contribution in [3.63, 3.8) is 0 Å². The molecule has 0 saturated heterocycles. The predicted octanol–water partition coefficient (Wildman–Crippen LogP) is 2.73. The average molecular weight is 318 g/mol. The monoisotopic (exact) mass is 318 g/mol. The number of aliphatic imine (C=N–C) groups is 1. The number of aryl methyl sites for hydroxylation is 2.